The van der Waals surface area contributed by atoms with E-state index in [4.69, 9.17) is 9.47 Å². The molecule has 3 fully saturated rings. The van der Waals surface area contributed by atoms with Crippen LogP contribution in [0.5, 0.6) is 5.75 Å². The molecule has 0 aliphatic carbocycles. The number of hydrogen-bond acceptors (Lipinski definition) is 4. The molecular weight excluding hydrogens is 316 g/mol. The quantitative estimate of drug-likeness (QED) is 0.912. The maximum Gasteiger partial charge on any atom is 0.253 e. The van der Waals surface area contributed by atoms with Crippen molar-refractivity contribution in [2.45, 2.75) is 62.8 Å². The second kappa shape index (κ2) is 7.34. The highest BCUT2D eigenvalue weighted by atomic mass is 16.5. The van der Waals surface area contributed by atoms with Gasteiger partial charge in [-0.1, -0.05) is 0 Å². The van der Waals surface area contributed by atoms with Gasteiger partial charge >= 0.3 is 0 Å². The average molecular weight is 344 g/mol. The van der Waals surface area contributed by atoms with Gasteiger partial charge in [-0.3, -0.25) is 4.79 Å². The van der Waals surface area contributed by atoms with Crippen LogP contribution in [0.25, 0.3) is 0 Å². The smallest absolute Gasteiger partial charge is 0.253 e. The summed E-state index contributed by atoms with van der Waals surface area (Å²) in [5, 5.41) is 3.64. The number of carbonyl (C=O) groups is 1. The third-order valence-electron chi connectivity index (χ3n) is 5.89. The summed E-state index contributed by atoms with van der Waals surface area (Å²) < 4.78 is 11.3. The first kappa shape index (κ1) is 16.9. The van der Waals surface area contributed by atoms with Gasteiger partial charge in [0.15, 0.2) is 0 Å². The highest BCUT2D eigenvalue weighted by Crippen LogP contribution is 2.30. The summed E-state index contributed by atoms with van der Waals surface area (Å²) in [6.45, 7) is 1.54. The number of rotatable bonds is 4. The monoisotopic (exact) mass is 344 g/mol. The third-order valence-corrected chi connectivity index (χ3v) is 5.89. The number of ether oxygens (including phenoxy) is 2. The number of carbonyl (C=O) groups excluding carboxylic acids is 1. The molecular formula is C20H28N2O3. The van der Waals surface area contributed by atoms with Gasteiger partial charge in [0, 0.05) is 43.6 Å². The van der Waals surface area contributed by atoms with Crippen molar-refractivity contribution in [1.29, 1.82) is 0 Å². The Balaban J connectivity index is 1.36. The number of amides is 1. The van der Waals surface area contributed by atoms with Crippen LogP contribution < -0.4 is 10.1 Å². The van der Waals surface area contributed by atoms with Crippen LogP contribution in [0.1, 0.15) is 48.9 Å². The molecule has 4 rings (SSSR count). The van der Waals surface area contributed by atoms with Gasteiger partial charge in [-0.05, 0) is 49.9 Å². The SMILES string of the molecule is CN(C(=O)c1ccc(OC2CCOCC2)cc1)C1CC2CCC(C1)N2. The van der Waals surface area contributed by atoms with Crippen molar-refractivity contribution in [1.82, 2.24) is 10.2 Å². The highest BCUT2D eigenvalue weighted by Gasteiger charge is 2.36. The summed E-state index contributed by atoms with van der Waals surface area (Å²) in [7, 11) is 1.95. The first-order valence-electron chi connectivity index (χ1n) is 9.57. The maximum absolute atomic E-state index is 12.8. The molecule has 1 N–H and O–H groups in total. The molecule has 3 aliphatic heterocycles. The number of nitrogens with one attached hydrogen (secondary N) is 1. The fourth-order valence-electron chi connectivity index (χ4n) is 4.38. The van der Waals surface area contributed by atoms with Crippen molar-refractivity contribution in [3.8, 4) is 5.75 Å². The first-order chi connectivity index (χ1) is 12.2. The fourth-order valence-corrected chi connectivity index (χ4v) is 4.38. The van der Waals surface area contributed by atoms with E-state index in [0.717, 1.165) is 50.2 Å². The average Bonchev–Trinajstić information content (AvgIpc) is 3.00. The zero-order chi connectivity index (χ0) is 17.2. The van der Waals surface area contributed by atoms with E-state index < -0.39 is 0 Å². The Morgan fingerprint density at radius 3 is 2.36 bits per heavy atom. The summed E-state index contributed by atoms with van der Waals surface area (Å²) in [5.74, 6) is 0.954. The normalized spacial score (nSPS) is 29.4. The molecule has 1 aromatic rings. The summed E-state index contributed by atoms with van der Waals surface area (Å²) >= 11 is 0. The predicted octanol–water partition coefficient (Wildman–Crippen LogP) is 2.60. The van der Waals surface area contributed by atoms with E-state index in [2.05, 4.69) is 5.32 Å². The zero-order valence-electron chi connectivity index (χ0n) is 14.9. The molecule has 136 valence electrons. The van der Waals surface area contributed by atoms with E-state index in [1.165, 1.54) is 12.8 Å². The second-order valence-corrected chi connectivity index (χ2v) is 7.63. The Bertz CT molecular complexity index is 585. The summed E-state index contributed by atoms with van der Waals surface area (Å²) in [5.41, 5.74) is 0.743. The van der Waals surface area contributed by atoms with Gasteiger partial charge in [0.1, 0.15) is 11.9 Å². The molecule has 3 aliphatic rings. The lowest BCUT2D eigenvalue weighted by Gasteiger charge is -2.35. The standard InChI is InChI=1S/C20H28N2O3/c1-22(17-12-15-4-5-16(13-17)21-15)20(23)14-2-6-18(7-3-14)25-19-8-10-24-11-9-19/h2-3,6-7,15-17,19,21H,4-5,8-13H2,1H3. The van der Waals surface area contributed by atoms with Crippen molar-refractivity contribution in [3.63, 3.8) is 0 Å². The third kappa shape index (κ3) is 3.82. The lowest BCUT2D eigenvalue weighted by Crippen LogP contribution is -2.48. The van der Waals surface area contributed by atoms with Gasteiger partial charge in [0.05, 0.1) is 13.2 Å². The Labute approximate surface area is 149 Å². The van der Waals surface area contributed by atoms with Crippen molar-refractivity contribution in [2.75, 3.05) is 20.3 Å². The minimum Gasteiger partial charge on any atom is -0.490 e. The van der Waals surface area contributed by atoms with E-state index >= 15 is 0 Å². The molecule has 3 saturated heterocycles. The van der Waals surface area contributed by atoms with E-state index in [-0.39, 0.29) is 12.0 Å². The fraction of sp³-hybridized carbons (Fsp3) is 0.650. The van der Waals surface area contributed by atoms with E-state index in [1.54, 1.807) is 0 Å². The van der Waals surface area contributed by atoms with Crippen LogP contribution in [0.3, 0.4) is 0 Å². The lowest BCUT2D eigenvalue weighted by molar-refractivity contribution is 0.0256. The molecule has 2 unspecified atom stereocenters. The van der Waals surface area contributed by atoms with Gasteiger partial charge in [-0.2, -0.15) is 0 Å². The Morgan fingerprint density at radius 1 is 1.08 bits per heavy atom. The molecule has 1 amide bonds. The summed E-state index contributed by atoms with van der Waals surface area (Å²) in [4.78, 5) is 14.8. The molecule has 3 heterocycles. The minimum absolute atomic E-state index is 0.115. The van der Waals surface area contributed by atoms with Crippen LogP contribution in [0.4, 0.5) is 0 Å². The van der Waals surface area contributed by atoms with Crippen LogP contribution in [0, 0.1) is 0 Å². The molecule has 5 heteroatoms. The molecule has 5 nitrogen and oxygen atoms in total. The van der Waals surface area contributed by atoms with Crippen LogP contribution in [-0.4, -0.2) is 55.3 Å². The molecule has 0 saturated carbocycles. The van der Waals surface area contributed by atoms with Crippen LogP contribution >= 0.6 is 0 Å². The molecule has 0 spiro atoms. The molecule has 25 heavy (non-hydrogen) atoms. The van der Waals surface area contributed by atoms with Crippen molar-refractivity contribution < 1.29 is 14.3 Å². The molecule has 1 aromatic carbocycles. The molecule has 2 bridgehead atoms. The van der Waals surface area contributed by atoms with Gasteiger partial charge in [-0.15, -0.1) is 0 Å². The van der Waals surface area contributed by atoms with Crippen molar-refractivity contribution >= 4 is 5.91 Å². The number of fused-ring (bicyclic) bond motifs is 2. The summed E-state index contributed by atoms with van der Waals surface area (Å²) in [6, 6.07) is 9.16. The molecule has 0 radical (unpaired) electrons. The van der Waals surface area contributed by atoms with Crippen molar-refractivity contribution in [3.05, 3.63) is 29.8 Å². The largest absolute Gasteiger partial charge is 0.490 e. The Hall–Kier alpha value is -1.59. The topological polar surface area (TPSA) is 50.8 Å². The van der Waals surface area contributed by atoms with E-state index in [1.807, 2.05) is 36.2 Å². The van der Waals surface area contributed by atoms with Crippen LogP contribution in [0.15, 0.2) is 24.3 Å². The lowest BCUT2D eigenvalue weighted by atomic mass is 9.98. The van der Waals surface area contributed by atoms with Crippen molar-refractivity contribution in [2.24, 2.45) is 0 Å². The van der Waals surface area contributed by atoms with Crippen LogP contribution in [0.2, 0.25) is 0 Å². The predicted molar refractivity (Wildman–Crippen MR) is 96.0 cm³/mol. The summed E-state index contributed by atoms with van der Waals surface area (Å²) in [6.07, 6.45) is 6.74. The van der Waals surface area contributed by atoms with E-state index in [9.17, 15) is 4.79 Å². The maximum atomic E-state index is 12.8. The molecule has 0 aromatic heterocycles. The number of hydrogen-bond donors (Lipinski definition) is 1. The second-order valence-electron chi connectivity index (χ2n) is 7.63. The van der Waals surface area contributed by atoms with Crippen LogP contribution in [-0.2, 0) is 4.74 Å². The first-order valence-corrected chi connectivity index (χ1v) is 9.57. The van der Waals surface area contributed by atoms with Gasteiger partial charge in [-0.25, -0.2) is 0 Å². The van der Waals surface area contributed by atoms with Gasteiger partial charge < -0.3 is 19.7 Å². The Morgan fingerprint density at radius 2 is 1.72 bits per heavy atom. The van der Waals surface area contributed by atoms with E-state index in [0.29, 0.717) is 18.1 Å². The highest BCUT2D eigenvalue weighted by molar-refractivity contribution is 5.94. The molecule has 2 atom stereocenters. The number of piperidine rings is 1. The Kier molecular flexibility index (Phi) is 4.95. The minimum atomic E-state index is 0.115. The zero-order valence-corrected chi connectivity index (χ0v) is 14.9. The number of nitrogens with zero attached hydrogens (tertiary/aromatic N) is 1. The van der Waals surface area contributed by atoms with Gasteiger partial charge in [0.25, 0.3) is 5.91 Å². The number of benzene rings is 1. The van der Waals surface area contributed by atoms with Gasteiger partial charge in [0.2, 0.25) is 0 Å².